The number of hydrogen-bond donors (Lipinski definition) is 1. The number of nitriles is 1. The Morgan fingerprint density at radius 1 is 1.31 bits per heavy atom. The Hall–Kier alpha value is -3.11. The van der Waals surface area contributed by atoms with E-state index < -0.39 is 6.10 Å². The van der Waals surface area contributed by atoms with E-state index in [1.807, 2.05) is 18.2 Å². The fraction of sp³-hybridized carbons (Fsp3) is 0.316. The number of pyridine rings is 1. The number of nitrogens with one attached hydrogen (secondary N) is 1. The molecule has 3 rings (SSSR count). The summed E-state index contributed by atoms with van der Waals surface area (Å²) in [6.07, 6.45) is 0.877. The van der Waals surface area contributed by atoms with Crippen molar-refractivity contribution in [3.63, 3.8) is 0 Å². The third kappa shape index (κ3) is 4.29. The van der Waals surface area contributed by atoms with Crippen LogP contribution in [0.25, 0.3) is 0 Å². The van der Waals surface area contributed by atoms with Crippen LogP contribution in [0.4, 0.5) is 11.5 Å². The van der Waals surface area contributed by atoms with Gasteiger partial charge in [-0.25, -0.2) is 4.98 Å². The normalized spacial score (nSPS) is 15.0. The predicted molar refractivity (Wildman–Crippen MR) is 97.1 cm³/mol. The summed E-state index contributed by atoms with van der Waals surface area (Å²) >= 11 is 0. The van der Waals surface area contributed by atoms with E-state index in [1.165, 1.54) is 0 Å². The molecule has 0 spiro atoms. The van der Waals surface area contributed by atoms with Gasteiger partial charge in [-0.3, -0.25) is 4.79 Å². The molecule has 2 aromatic rings. The number of nitrogens with zero attached hydrogens (tertiary/aromatic N) is 3. The molecule has 1 N–H and O–H groups in total. The lowest BCUT2D eigenvalue weighted by molar-refractivity contribution is -0.122. The highest BCUT2D eigenvalue weighted by atomic mass is 16.5. The fourth-order valence-electron chi connectivity index (χ4n) is 2.59. The molecule has 0 radical (unpaired) electrons. The standard InChI is InChI=1S/C19H20N4O3/c1-14(26-17-5-3-2-4-15(17)12-20)19(24)22-16-6-7-18(21-13-16)23-8-10-25-11-9-23/h2-7,13-14H,8-11H2,1H3,(H,22,24). The van der Waals surface area contributed by atoms with Gasteiger partial charge in [0.1, 0.15) is 17.6 Å². The molecule has 1 aliphatic rings. The lowest BCUT2D eigenvalue weighted by Crippen LogP contribution is -2.36. The monoisotopic (exact) mass is 352 g/mol. The maximum absolute atomic E-state index is 12.3. The molecular formula is C19H20N4O3. The molecule has 1 fully saturated rings. The Bertz CT molecular complexity index is 795. The number of aromatic nitrogens is 1. The van der Waals surface area contributed by atoms with Crippen LogP contribution in [0.15, 0.2) is 42.6 Å². The highest BCUT2D eigenvalue weighted by Crippen LogP contribution is 2.19. The van der Waals surface area contributed by atoms with Gasteiger partial charge in [0.25, 0.3) is 5.91 Å². The van der Waals surface area contributed by atoms with Crippen molar-refractivity contribution < 1.29 is 14.3 Å². The topological polar surface area (TPSA) is 87.5 Å². The lowest BCUT2D eigenvalue weighted by atomic mass is 10.2. The summed E-state index contributed by atoms with van der Waals surface area (Å²) in [6.45, 7) is 4.64. The van der Waals surface area contributed by atoms with Crippen LogP contribution < -0.4 is 15.0 Å². The average molecular weight is 352 g/mol. The highest BCUT2D eigenvalue weighted by Gasteiger charge is 2.17. The first-order valence-corrected chi connectivity index (χ1v) is 8.43. The molecule has 1 aromatic heterocycles. The van der Waals surface area contributed by atoms with E-state index in [2.05, 4.69) is 15.2 Å². The largest absolute Gasteiger partial charge is 0.480 e. The Labute approximate surface area is 152 Å². The Morgan fingerprint density at radius 2 is 2.08 bits per heavy atom. The minimum absolute atomic E-state index is 0.307. The first-order valence-electron chi connectivity index (χ1n) is 8.43. The van der Waals surface area contributed by atoms with Crippen molar-refractivity contribution in [2.45, 2.75) is 13.0 Å². The molecule has 1 atom stereocenters. The Morgan fingerprint density at radius 3 is 2.77 bits per heavy atom. The van der Waals surface area contributed by atoms with E-state index in [0.29, 0.717) is 30.2 Å². The van der Waals surface area contributed by atoms with Crippen LogP contribution >= 0.6 is 0 Å². The molecule has 2 heterocycles. The van der Waals surface area contributed by atoms with Crippen molar-refractivity contribution in [3.05, 3.63) is 48.2 Å². The zero-order chi connectivity index (χ0) is 18.4. The average Bonchev–Trinajstić information content (AvgIpc) is 2.69. The summed E-state index contributed by atoms with van der Waals surface area (Å²) in [5, 5.41) is 11.9. The maximum Gasteiger partial charge on any atom is 0.265 e. The number of hydrogen-bond acceptors (Lipinski definition) is 6. The molecule has 0 aliphatic carbocycles. The number of carbonyl (C=O) groups is 1. The van der Waals surface area contributed by atoms with E-state index in [0.717, 1.165) is 18.9 Å². The lowest BCUT2D eigenvalue weighted by Gasteiger charge is -2.27. The van der Waals surface area contributed by atoms with E-state index in [9.17, 15) is 4.79 Å². The summed E-state index contributed by atoms with van der Waals surface area (Å²) in [4.78, 5) is 18.9. The molecule has 0 saturated carbocycles. The molecule has 1 aliphatic heterocycles. The van der Waals surface area contributed by atoms with Crippen LogP contribution in [0.1, 0.15) is 12.5 Å². The second-order valence-corrected chi connectivity index (χ2v) is 5.86. The SMILES string of the molecule is CC(Oc1ccccc1C#N)C(=O)Nc1ccc(N2CCOCC2)nc1. The molecule has 26 heavy (non-hydrogen) atoms. The number of benzene rings is 1. The number of anilines is 2. The molecule has 0 bridgehead atoms. The van der Waals surface area contributed by atoms with E-state index in [4.69, 9.17) is 14.7 Å². The quantitative estimate of drug-likeness (QED) is 0.888. The van der Waals surface area contributed by atoms with Crippen LogP contribution in [-0.4, -0.2) is 43.3 Å². The van der Waals surface area contributed by atoms with Crippen LogP contribution in [-0.2, 0) is 9.53 Å². The van der Waals surface area contributed by atoms with Gasteiger partial charge in [0.15, 0.2) is 6.10 Å². The molecule has 1 saturated heterocycles. The van der Waals surface area contributed by atoms with Crippen LogP contribution in [0.2, 0.25) is 0 Å². The Kier molecular flexibility index (Phi) is 5.66. The van der Waals surface area contributed by atoms with Crippen molar-refractivity contribution in [1.29, 1.82) is 5.26 Å². The number of morpholine rings is 1. The number of para-hydroxylation sites is 1. The molecule has 7 heteroatoms. The van der Waals surface area contributed by atoms with Crippen molar-refractivity contribution in [2.75, 3.05) is 36.5 Å². The number of amides is 1. The van der Waals surface area contributed by atoms with Gasteiger partial charge in [-0.1, -0.05) is 12.1 Å². The molecule has 1 unspecified atom stereocenters. The van der Waals surface area contributed by atoms with Crippen molar-refractivity contribution in [2.24, 2.45) is 0 Å². The summed E-state index contributed by atoms with van der Waals surface area (Å²) < 4.78 is 10.9. The first-order chi connectivity index (χ1) is 12.7. The van der Waals surface area contributed by atoms with Gasteiger partial charge < -0.3 is 19.7 Å². The smallest absolute Gasteiger partial charge is 0.265 e. The second-order valence-electron chi connectivity index (χ2n) is 5.86. The van der Waals surface area contributed by atoms with Crippen molar-refractivity contribution >= 4 is 17.4 Å². The molecule has 134 valence electrons. The van der Waals surface area contributed by atoms with Crippen LogP contribution in [0.5, 0.6) is 5.75 Å². The predicted octanol–water partition coefficient (Wildman–Crippen LogP) is 2.20. The maximum atomic E-state index is 12.3. The third-order valence-electron chi connectivity index (χ3n) is 4.03. The number of rotatable bonds is 5. The summed E-state index contributed by atoms with van der Waals surface area (Å²) in [6, 6.07) is 12.6. The van der Waals surface area contributed by atoms with Crippen LogP contribution in [0.3, 0.4) is 0 Å². The van der Waals surface area contributed by atoms with E-state index in [1.54, 1.807) is 37.4 Å². The number of carbonyl (C=O) groups excluding carboxylic acids is 1. The van der Waals surface area contributed by atoms with Gasteiger partial charge in [-0.05, 0) is 31.2 Å². The third-order valence-corrected chi connectivity index (χ3v) is 4.03. The fourth-order valence-corrected chi connectivity index (χ4v) is 2.59. The zero-order valence-electron chi connectivity index (χ0n) is 14.5. The minimum Gasteiger partial charge on any atom is -0.480 e. The van der Waals surface area contributed by atoms with Gasteiger partial charge in [0, 0.05) is 13.1 Å². The molecule has 1 aromatic carbocycles. The van der Waals surface area contributed by atoms with Crippen molar-refractivity contribution in [1.82, 2.24) is 4.98 Å². The summed E-state index contributed by atoms with van der Waals surface area (Å²) in [5.41, 5.74) is 0.986. The van der Waals surface area contributed by atoms with Gasteiger partial charge >= 0.3 is 0 Å². The van der Waals surface area contributed by atoms with Gasteiger partial charge in [-0.2, -0.15) is 5.26 Å². The first kappa shape index (κ1) is 17.7. The molecule has 7 nitrogen and oxygen atoms in total. The zero-order valence-corrected chi connectivity index (χ0v) is 14.5. The second kappa shape index (κ2) is 8.32. The van der Waals surface area contributed by atoms with Gasteiger partial charge in [-0.15, -0.1) is 0 Å². The molecule has 1 amide bonds. The van der Waals surface area contributed by atoms with E-state index in [-0.39, 0.29) is 5.91 Å². The molecular weight excluding hydrogens is 332 g/mol. The summed E-state index contributed by atoms with van der Waals surface area (Å²) in [7, 11) is 0. The van der Waals surface area contributed by atoms with Crippen molar-refractivity contribution in [3.8, 4) is 11.8 Å². The Balaban J connectivity index is 1.59. The van der Waals surface area contributed by atoms with Gasteiger partial charge in [0.05, 0.1) is 30.7 Å². The number of ether oxygens (including phenoxy) is 2. The van der Waals surface area contributed by atoms with Crippen LogP contribution in [0, 0.1) is 11.3 Å². The summed E-state index contributed by atoms with van der Waals surface area (Å²) in [5.74, 6) is 0.940. The van der Waals surface area contributed by atoms with E-state index >= 15 is 0 Å². The van der Waals surface area contributed by atoms with Gasteiger partial charge in [0.2, 0.25) is 0 Å². The highest BCUT2D eigenvalue weighted by molar-refractivity contribution is 5.94. The minimum atomic E-state index is -0.747.